The van der Waals surface area contributed by atoms with E-state index >= 15 is 0 Å². The molecule has 1 heterocycles. The molecule has 2 aromatic rings. The molecular formula is C13H15N3S. The number of aryl methyl sites for hydroxylation is 3. The van der Waals surface area contributed by atoms with Gasteiger partial charge in [0.25, 0.3) is 0 Å². The van der Waals surface area contributed by atoms with Gasteiger partial charge in [-0.15, -0.1) is 0 Å². The molecule has 17 heavy (non-hydrogen) atoms. The van der Waals surface area contributed by atoms with E-state index in [-0.39, 0.29) is 0 Å². The number of aromatic nitrogens is 2. The van der Waals surface area contributed by atoms with Crippen LogP contribution >= 0.6 is 11.8 Å². The second-order valence-corrected chi connectivity index (χ2v) is 5.07. The molecule has 88 valence electrons. The Morgan fingerprint density at radius 3 is 2.29 bits per heavy atom. The van der Waals surface area contributed by atoms with Crippen LogP contribution in [0.15, 0.2) is 34.3 Å². The van der Waals surface area contributed by atoms with Crippen molar-refractivity contribution >= 4 is 17.4 Å². The summed E-state index contributed by atoms with van der Waals surface area (Å²) in [6.45, 7) is 6.01. The van der Waals surface area contributed by atoms with Crippen LogP contribution in [0.1, 0.15) is 17.0 Å². The van der Waals surface area contributed by atoms with E-state index in [0.29, 0.717) is 0 Å². The Bertz CT molecular complexity index is 532. The Morgan fingerprint density at radius 2 is 1.65 bits per heavy atom. The molecule has 0 fully saturated rings. The van der Waals surface area contributed by atoms with Crippen molar-refractivity contribution in [1.29, 1.82) is 0 Å². The SMILES string of the molecule is Cc1cc(C)nc(Sc2cc(N)ccc2C)n1. The standard InChI is InChI=1S/C13H15N3S/c1-8-4-5-11(14)7-12(8)17-13-15-9(2)6-10(3)16-13/h4-7H,14H2,1-3H3. The van der Waals surface area contributed by atoms with Gasteiger partial charge in [0.15, 0.2) is 5.16 Å². The summed E-state index contributed by atoms with van der Waals surface area (Å²) in [4.78, 5) is 9.93. The summed E-state index contributed by atoms with van der Waals surface area (Å²) in [5.41, 5.74) is 9.72. The van der Waals surface area contributed by atoms with Crippen LogP contribution < -0.4 is 5.73 Å². The topological polar surface area (TPSA) is 51.8 Å². The molecule has 0 aliphatic rings. The third-order valence-corrected chi connectivity index (χ3v) is 3.40. The molecule has 2 N–H and O–H groups in total. The molecule has 1 aromatic carbocycles. The van der Waals surface area contributed by atoms with E-state index in [9.17, 15) is 0 Å². The van der Waals surface area contributed by atoms with E-state index in [1.54, 1.807) is 11.8 Å². The zero-order valence-electron chi connectivity index (χ0n) is 10.2. The lowest BCUT2D eigenvalue weighted by atomic mass is 10.2. The van der Waals surface area contributed by atoms with Crippen LogP contribution in [-0.2, 0) is 0 Å². The average Bonchev–Trinajstić information content (AvgIpc) is 2.22. The smallest absolute Gasteiger partial charge is 0.192 e. The largest absolute Gasteiger partial charge is 0.399 e. The first kappa shape index (κ1) is 11.9. The maximum Gasteiger partial charge on any atom is 0.192 e. The summed E-state index contributed by atoms with van der Waals surface area (Å²) < 4.78 is 0. The van der Waals surface area contributed by atoms with Gasteiger partial charge in [-0.25, -0.2) is 9.97 Å². The van der Waals surface area contributed by atoms with Gasteiger partial charge in [-0.3, -0.25) is 0 Å². The summed E-state index contributed by atoms with van der Waals surface area (Å²) >= 11 is 1.55. The van der Waals surface area contributed by atoms with Crippen LogP contribution in [0, 0.1) is 20.8 Å². The fraction of sp³-hybridized carbons (Fsp3) is 0.231. The number of benzene rings is 1. The lowest BCUT2D eigenvalue weighted by molar-refractivity contribution is 0.901. The van der Waals surface area contributed by atoms with Gasteiger partial charge in [0.1, 0.15) is 0 Å². The highest BCUT2D eigenvalue weighted by molar-refractivity contribution is 7.99. The van der Waals surface area contributed by atoms with Crippen LogP contribution in [-0.4, -0.2) is 9.97 Å². The molecule has 0 amide bonds. The van der Waals surface area contributed by atoms with E-state index in [1.165, 1.54) is 5.56 Å². The number of nitrogen functional groups attached to an aromatic ring is 1. The Hall–Kier alpha value is -1.55. The van der Waals surface area contributed by atoms with Gasteiger partial charge < -0.3 is 5.73 Å². The molecule has 0 saturated heterocycles. The normalized spacial score (nSPS) is 10.5. The number of nitrogens with two attached hydrogens (primary N) is 1. The van der Waals surface area contributed by atoms with E-state index in [4.69, 9.17) is 5.73 Å². The van der Waals surface area contributed by atoms with Crippen molar-refractivity contribution in [3.8, 4) is 0 Å². The maximum absolute atomic E-state index is 5.79. The quantitative estimate of drug-likeness (QED) is 0.652. The van der Waals surface area contributed by atoms with Crippen molar-refractivity contribution in [3.05, 3.63) is 41.2 Å². The molecule has 0 atom stereocenters. The average molecular weight is 245 g/mol. The molecule has 3 nitrogen and oxygen atoms in total. The molecule has 0 aliphatic carbocycles. The fourth-order valence-electron chi connectivity index (χ4n) is 1.56. The van der Waals surface area contributed by atoms with Crippen molar-refractivity contribution in [3.63, 3.8) is 0 Å². The van der Waals surface area contributed by atoms with Crippen molar-refractivity contribution < 1.29 is 0 Å². The monoisotopic (exact) mass is 245 g/mol. The summed E-state index contributed by atoms with van der Waals surface area (Å²) in [5.74, 6) is 0. The number of rotatable bonds is 2. The van der Waals surface area contributed by atoms with Gasteiger partial charge >= 0.3 is 0 Å². The van der Waals surface area contributed by atoms with E-state index in [2.05, 4.69) is 16.9 Å². The molecule has 0 spiro atoms. The van der Waals surface area contributed by atoms with Crippen molar-refractivity contribution in [2.45, 2.75) is 30.8 Å². The fourth-order valence-corrected chi connectivity index (χ4v) is 2.56. The molecule has 0 radical (unpaired) electrons. The van der Waals surface area contributed by atoms with Gasteiger partial charge in [0, 0.05) is 22.0 Å². The number of hydrogen-bond acceptors (Lipinski definition) is 4. The minimum Gasteiger partial charge on any atom is -0.399 e. The van der Waals surface area contributed by atoms with Gasteiger partial charge in [0.2, 0.25) is 0 Å². The zero-order chi connectivity index (χ0) is 12.4. The van der Waals surface area contributed by atoms with Crippen LogP contribution in [0.3, 0.4) is 0 Å². The van der Waals surface area contributed by atoms with Gasteiger partial charge in [-0.2, -0.15) is 0 Å². The van der Waals surface area contributed by atoms with Gasteiger partial charge in [0.05, 0.1) is 0 Å². The third-order valence-electron chi connectivity index (χ3n) is 2.38. The third kappa shape index (κ3) is 2.97. The highest BCUT2D eigenvalue weighted by atomic mass is 32.2. The van der Waals surface area contributed by atoms with Crippen molar-refractivity contribution in [2.75, 3.05) is 5.73 Å². The van der Waals surface area contributed by atoms with Crippen molar-refractivity contribution in [1.82, 2.24) is 9.97 Å². The Morgan fingerprint density at radius 1 is 1.00 bits per heavy atom. The first-order valence-electron chi connectivity index (χ1n) is 5.41. The minimum atomic E-state index is 0.766. The molecule has 4 heteroatoms. The Labute approximate surface area is 105 Å². The molecule has 2 rings (SSSR count). The first-order valence-corrected chi connectivity index (χ1v) is 6.22. The Balaban J connectivity index is 2.34. The maximum atomic E-state index is 5.79. The first-order chi connectivity index (χ1) is 8.04. The van der Waals surface area contributed by atoms with Crippen LogP contribution in [0.25, 0.3) is 0 Å². The predicted octanol–water partition coefficient (Wildman–Crippen LogP) is 3.14. The number of anilines is 1. The van der Waals surface area contributed by atoms with Crippen LogP contribution in [0.2, 0.25) is 0 Å². The summed E-state index contributed by atoms with van der Waals surface area (Å²) in [6.07, 6.45) is 0. The van der Waals surface area contributed by atoms with Gasteiger partial charge in [-0.1, -0.05) is 6.07 Å². The summed E-state index contributed by atoms with van der Waals surface area (Å²) in [7, 11) is 0. The van der Waals surface area contributed by atoms with E-state index < -0.39 is 0 Å². The highest BCUT2D eigenvalue weighted by Gasteiger charge is 2.05. The molecular weight excluding hydrogens is 230 g/mol. The van der Waals surface area contributed by atoms with Crippen molar-refractivity contribution in [2.24, 2.45) is 0 Å². The predicted molar refractivity (Wildman–Crippen MR) is 71.2 cm³/mol. The second kappa shape index (κ2) is 4.75. The van der Waals surface area contributed by atoms with E-state index in [1.807, 2.05) is 38.1 Å². The lowest BCUT2D eigenvalue weighted by Gasteiger charge is -2.06. The van der Waals surface area contributed by atoms with Crippen LogP contribution in [0.4, 0.5) is 5.69 Å². The molecule has 0 aliphatic heterocycles. The highest BCUT2D eigenvalue weighted by Crippen LogP contribution is 2.29. The zero-order valence-corrected chi connectivity index (χ0v) is 11.0. The molecule has 0 unspecified atom stereocenters. The second-order valence-electron chi connectivity index (χ2n) is 4.06. The van der Waals surface area contributed by atoms with Crippen LogP contribution in [0.5, 0.6) is 0 Å². The lowest BCUT2D eigenvalue weighted by Crippen LogP contribution is -1.93. The number of nitrogens with zero attached hydrogens (tertiary/aromatic N) is 2. The van der Waals surface area contributed by atoms with E-state index in [0.717, 1.165) is 27.1 Å². The minimum absolute atomic E-state index is 0.766. The van der Waals surface area contributed by atoms with Gasteiger partial charge in [-0.05, 0) is 56.3 Å². The summed E-state index contributed by atoms with van der Waals surface area (Å²) in [5, 5.41) is 0.774. The molecule has 0 saturated carbocycles. The number of hydrogen-bond donors (Lipinski definition) is 1. The molecule has 1 aromatic heterocycles. The Kier molecular flexibility index (Phi) is 3.33. The summed E-state index contributed by atoms with van der Waals surface area (Å²) in [6, 6.07) is 7.85. The molecule has 0 bridgehead atoms.